The number of carbonyl (C=O) groups is 3. The highest BCUT2D eigenvalue weighted by Crippen LogP contribution is 2.31. The Morgan fingerprint density at radius 3 is 2.16 bits per heavy atom. The molecule has 4 aromatic rings. The van der Waals surface area contributed by atoms with E-state index in [0.717, 1.165) is 16.8 Å². The van der Waals surface area contributed by atoms with Crippen molar-refractivity contribution in [3.8, 4) is 11.5 Å². The number of carbonyl (C=O) groups excluding carboxylic acids is 1. The Morgan fingerprint density at radius 2 is 1.38 bits per heavy atom. The van der Waals surface area contributed by atoms with E-state index in [1.807, 2.05) is 30.3 Å². The topological polar surface area (TPSA) is 113 Å². The number of rotatable bonds is 6. The van der Waals surface area contributed by atoms with Gasteiger partial charge in [-0.3, -0.25) is 4.79 Å². The fourth-order valence-electron chi connectivity index (χ4n) is 3.35. The number of hydrogen-bond acceptors (Lipinski definition) is 4. The lowest BCUT2D eigenvalue weighted by Crippen LogP contribution is -2.13. The Kier molecular flexibility index (Phi) is 5.55. The molecule has 7 heteroatoms. The van der Waals surface area contributed by atoms with Crippen LogP contribution in [-0.4, -0.2) is 28.1 Å². The van der Waals surface area contributed by atoms with Crippen molar-refractivity contribution < 1.29 is 29.3 Å². The summed E-state index contributed by atoms with van der Waals surface area (Å²) in [7, 11) is 0. The van der Waals surface area contributed by atoms with Crippen LogP contribution in [0.4, 0.5) is 5.69 Å². The first-order valence-electron chi connectivity index (χ1n) is 9.60. The summed E-state index contributed by atoms with van der Waals surface area (Å²) in [5.41, 5.74) is 0.135. The summed E-state index contributed by atoms with van der Waals surface area (Å²) < 4.78 is 5.79. The van der Waals surface area contributed by atoms with Gasteiger partial charge in [-0.15, -0.1) is 0 Å². The molecule has 0 aromatic heterocycles. The first-order chi connectivity index (χ1) is 15.4. The van der Waals surface area contributed by atoms with Crippen LogP contribution in [0.2, 0.25) is 0 Å². The lowest BCUT2D eigenvalue weighted by Gasteiger charge is -2.14. The lowest BCUT2D eigenvalue weighted by atomic mass is 10.0. The van der Waals surface area contributed by atoms with E-state index in [2.05, 4.69) is 5.32 Å². The van der Waals surface area contributed by atoms with Crippen molar-refractivity contribution in [2.45, 2.75) is 0 Å². The number of hydrogen-bond donors (Lipinski definition) is 3. The van der Waals surface area contributed by atoms with Gasteiger partial charge in [0.25, 0.3) is 5.91 Å². The number of ether oxygens (including phenoxy) is 1. The van der Waals surface area contributed by atoms with Crippen molar-refractivity contribution in [2.75, 3.05) is 5.32 Å². The molecule has 158 valence electrons. The van der Waals surface area contributed by atoms with Gasteiger partial charge in [-0.2, -0.15) is 0 Å². The van der Waals surface area contributed by atoms with E-state index in [-0.39, 0.29) is 23.0 Å². The summed E-state index contributed by atoms with van der Waals surface area (Å²) >= 11 is 0. The number of amides is 1. The number of nitrogens with one attached hydrogen (secondary N) is 1. The highest BCUT2D eigenvalue weighted by molar-refractivity contribution is 6.13. The fraction of sp³-hybridized carbons (Fsp3) is 0. The second-order valence-electron chi connectivity index (χ2n) is 6.90. The average molecular weight is 427 g/mol. The molecule has 0 heterocycles. The molecule has 0 atom stereocenters. The molecule has 0 aliphatic rings. The molecule has 0 aliphatic carbocycles. The molecule has 0 radical (unpaired) electrons. The minimum absolute atomic E-state index is 0.124. The monoisotopic (exact) mass is 427 g/mol. The van der Waals surface area contributed by atoms with E-state index in [1.165, 1.54) is 12.1 Å². The predicted octanol–water partition coefficient (Wildman–Crippen LogP) is 5.28. The molecule has 7 nitrogen and oxygen atoms in total. The van der Waals surface area contributed by atoms with Gasteiger partial charge in [0.2, 0.25) is 0 Å². The normalized spacial score (nSPS) is 10.5. The third kappa shape index (κ3) is 4.13. The number of carboxylic acid groups (broad SMARTS) is 2. The molecule has 32 heavy (non-hydrogen) atoms. The molecule has 0 bridgehead atoms. The van der Waals surface area contributed by atoms with Crippen LogP contribution in [0.5, 0.6) is 11.5 Å². The van der Waals surface area contributed by atoms with Crippen LogP contribution < -0.4 is 10.1 Å². The summed E-state index contributed by atoms with van der Waals surface area (Å²) in [4.78, 5) is 35.7. The zero-order valence-corrected chi connectivity index (χ0v) is 16.6. The quantitative estimate of drug-likeness (QED) is 0.386. The van der Waals surface area contributed by atoms with Crippen LogP contribution in [0, 0.1) is 0 Å². The van der Waals surface area contributed by atoms with Crippen molar-refractivity contribution >= 4 is 34.3 Å². The zero-order valence-electron chi connectivity index (χ0n) is 16.6. The van der Waals surface area contributed by atoms with Gasteiger partial charge >= 0.3 is 11.9 Å². The summed E-state index contributed by atoms with van der Waals surface area (Å²) in [5.74, 6) is -2.66. The maximum absolute atomic E-state index is 13.0. The van der Waals surface area contributed by atoms with Gasteiger partial charge in [-0.1, -0.05) is 48.5 Å². The lowest BCUT2D eigenvalue weighted by molar-refractivity contribution is 0.0651. The zero-order chi connectivity index (χ0) is 22.7. The van der Waals surface area contributed by atoms with Gasteiger partial charge in [-0.05, 0) is 47.2 Å². The summed E-state index contributed by atoms with van der Waals surface area (Å²) in [6, 6.07) is 23.3. The Bertz CT molecular complexity index is 1360. The average Bonchev–Trinajstić information content (AvgIpc) is 2.79. The molecule has 0 aliphatic heterocycles. The molecular formula is C25H17NO6. The van der Waals surface area contributed by atoms with E-state index in [1.54, 1.807) is 36.4 Å². The first kappa shape index (κ1) is 20.6. The van der Waals surface area contributed by atoms with Gasteiger partial charge in [0.1, 0.15) is 5.75 Å². The Balaban J connectivity index is 1.64. The van der Waals surface area contributed by atoms with Gasteiger partial charge in [-0.25, -0.2) is 9.59 Å². The van der Waals surface area contributed by atoms with Gasteiger partial charge < -0.3 is 20.3 Å². The number of para-hydroxylation sites is 2. The Labute approximate surface area is 182 Å². The van der Waals surface area contributed by atoms with Crippen LogP contribution in [0.15, 0.2) is 84.9 Å². The molecule has 0 saturated heterocycles. The Hall–Kier alpha value is -4.65. The van der Waals surface area contributed by atoms with Crippen LogP contribution in [0.1, 0.15) is 31.1 Å². The molecule has 0 fully saturated rings. The predicted molar refractivity (Wildman–Crippen MR) is 119 cm³/mol. The standard InChI is InChI=1S/C25H17NO6/c27-23(18-9-5-7-15-6-1-2-8-17(15)18)26-21-10-3-4-11-22(21)32-16-12-13-19(24(28)29)20(14-16)25(30)31/h1-14H,(H,26,27)(H,28,29)(H,30,31). The maximum atomic E-state index is 13.0. The third-order valence-electron chi connectivity index (χ3n) is 4.85. The van der Waals surface area contributed by atoms with Gasteiger partial charge in [0, 0.05) is 5.56 Å². The summed E-state index contributed by atoms with van der Waals surface area (Å²) in [6.45, 7) is 0. The van der Waals surface area contributed by atoms with Crippen molar-refractivity contribution in [3.05, 3.63) is 102 Å². The number of fused-ring (bicyclic) bond motifs is 1. The molecule has 0 spiro atoms. The highest BCUT2D eigenvalue weighted by atomic mass is 16.5. The number of carboxylic acids is 2. The van der Waals surface area contributed by atoms with Gasteiger partial charge in [0.05, 0.1) is 16.8 Å². The molecule has 4 aromatic carbocycles. The summed E-state index contributed by atoms with van der Waals surface area (Å²) in [6.07, 6.45) is 0. The SMILES string of the molecule is O=C(O)c1ccc(Oc2ccccc2NC(=O)c2cccc3ccccc23)cc1C(=O)O. The fourth-order valence-corrected chi connectivity index (χ4v) is 3.35. The van der Waals surface area contributed by atoms with E-state index < -0.39 is 17.5 Å². The van der Waals surface area contributed by atoms with Crippen molar-refractivity contribution in [1.29, 1.82) is 0 Å². The maximum Gasteiger partial charge on any atom is 0.336 e. The minimum atomic E-state index is -1.38. The smallest absolute Gasteiger partial charge is 0.336 e. The minimum Gasteiger partial charge on any atom is -0.478 e. The largest absolute Gasteiger partial charge is 0.478 e. The van der Waals surface area contributed by atoms with E-state index in [4.69, 9.17) is 4.74 Å². The molecule has 0 unspecified atom stereocenters. The molecule has 3 N–H and O–H groups in total. The van der Waals surface area contributed by atoms with E-state index in [9.17, 15) is 24.6 Å². The van der Waals surface area contributed by atoms with Crippen molar-refractivity contribution in [1.82, 2.24) is 0 Å². The molecule has 4 rings (SSSR count). The van der Waals surface area contributed by atoms with Gasteiger partial charge in [0.15, 0.2) is 5.75 Å². The first-order valence-corrected chi connectivity index (χ1v) is 9.60. The van der Waals surface area contributed by atoms with Crippen LogP contribution in [0.25, 0.3) is 10.8 Å². The summed E-state index contributed by atoms with van der Waals surface area (Å²) in [5, 5.41) is 23.1. The highest BCUT2D eigenvalue weighted by Gasteiger charge is 2.18. The van der Waals surface area contributed by atoms with E-state index in [0.29, 0.717) is 11.3 Å². The van der Waals surface area contributed by atoms with Crippen LogP contribution in [0.3, 0.4) is 0 Å². The molecule has 0 saturated carbocycles. The van der Waals surface area contributed by atoms with Crippen molar-refractivity contribution in [3.63, 3.8) is 0 Å². The van der Waals surface area contributed by atoms with Crippen LogP contribution >= 0.6 is 0 Å². The van der Waals surface area contributed by atoms with E-state index >= 15 is 0 Å². The number of benzene rings is 4. The third-order valence-corrected chi connectivity index (χ3v) is 4.85. The van der Waals surface area contributed by atoms with Crippen molar-refractivity contribution in [2.24, 2.45) is 0 Å². The molecule has 1 amide bonds. The second kappa shape index (κ2) is 8.61. The number of aromatic carboxylic acids is 2. The number of anilines is 1. The van der Waals surface area contributed by atoms with Crippen LogP contribution in [-0.2, 0) is 0 Å². The molecular weight excluding hydrogens is 410 g/mol. The Morgan fingerprint density at radius 1 is 0.688 bits per heavy atom. The second-order valence-corrected chi connectivity index (χ2v) is 6.90.